The Bertz CT molecular complexity index is 903. The molecule has 0 spiro atoms. The van der Waals surface area contributed by atoms with Crippen molar-refractivity contribution >= 4 is 15.9 Å². The Morgan fingerprint density at radius 3 is 2.44 bits per heavy atom. The molecule has 0 bridgehead atoms. The Balaban J connectivity index is 1.60. The predicted octanol–water partition coefficient (Wildman–Crippen LogP) is 1.38. The summed E-state index contributed by atoms with van der Waals surface area (Å²) < 4.78 is 28.8. The van der Waals surface area contributed by atoms with Crippen LogP contribution in [-0.2, 0) is 14.8 Å². The van der Waals surface area contributed by atoms with E-state index in [-0.39, 0.29) is 11.9 Å². The van der Waals surface area contributed by atoms with E-state index < -0.39 is 10.0 Å². The number of aromatic nitrogens is 3. The molecule has 146 valence electrons. The van der Waals surface area contributed by atoms with Crippen LogP contribution in [-0.4, -0.2) is 64.5 Å². The molecule has 1 amide bonds. The normalized spacial score (nSPS) is 17.1. The largest absolute Gasteiger partial charge is 0.340 e. The average Bonchev–Trinajstić information content (AvgIpc) is 3.19. The van der Waals surface area contributed by atoms with Crippen LogP contribution in [0.3, 0.4) is 0 Å². The summed E-state index contributed by atoms with van der Waals surface area (Å²) in [6.45, 7) is 7.17. The van der Waals surface area contributed by atoms with Crippen LogP contribution in [0.5, 0.6) is 0 Å². The first-order valence-corrected chi connectivity index (χ1v) is 10.4. The van der Waals surface area contributed by atoms with Gasteiger partial charge >= 0.3 is 0 Å². The van der Waals surface area contributed by atoms with Gasteiger partial charge in [-0.05, 0) is 44.0 Å². The molecule has 0 saturated carbocycles. The number of hydrogen-bond acceptors (Lipinski definition) is 5. The lowest BCUT2D eigenvalue weighted by atomic mass is 10.1. The zero-order chi connectivity index (χ0) is 19.6. The third-order valence-corrected chi connectivity index (χ3v) is 6.96. The number of aryl methyl sites for hydroxylation is 2. The van der Waals surface area contributed by atoms with E-state index in [1.807, 2.05) is 26.8 Å². The summed E-state index contributed by atoms with van der Waals surface area (Å²) >= 11 is 0. The molecule has 1 unspecified atom stereocenters. The molecule has 27 heavy (non-hydrogen) atoms. The van der Waals surface area contributed by atoms with Gasteiger partial charge in [-0.3, -0.25) is 4.79 Å². The van der Waals surface area contributed by atoms with Crippen LogP contribution in [0.1, 0.15) is 30.5 Å². The van der Waals surface area contributed by atoms with Crippen LogP contribution in [0, 0.1) is 13.8 Å². The lowest BCUT2D eigenvalue weighted by molar-refractivity contribution is -0.133. The van der Waals surface area contributed by atoms with E-state index in [4.69, 9.17) is 0 Å². The molecule has 1 aromatic carbocycles. The first-order chi connectivity index (χ1) is 12.8. The molecule has 1 aromatic heterocycles. The number of benzene rings is 1. The summed E-state index contributed by atoms with van der Waals surface area (Å²) in [6.07, 6.45) is 3.34. The van der Waals surface area contributed by atoms with Crippen LogP contribution < -0.4 is 0 Å². The Morgan fingerprint density at radius 1 is 1.15 bits per heavy atom. The fraction of sp³-hybridized carbons (Fsp3) is 0.500. The smallest absolute Gasteiger partial charge is 0.243 e. The van der Waals surface area contributed by atoms with Gasteiger partial charge in [-0.25, -0.2) is 18.1 Å². The van der Waals surface area contributed by atoms with Crippen molar-refractivity contribution in [2.75, 3.05) is 26.2 Å². The molecule has 2 aromatic rings. The number of hydrogen-bond donors (Lipinski definition) is 0. The first-order valence-electron chi connectivity index (χ1n) is 8.98. The third kappa shape index (κ3) is 4.19. The van der Waals surface area contributed by atoms with Crippen LogP contribution >= 0.6 is 0 Å². The van der Waals surface area contributed by atoms with Gasteiger partial charge < -0.3 is 4.90 Å². The van der Waals surface area contributed by atoms with Crippen molar-refractivity contribution in [3.8, 4) is 0 Å². The highest BCUT2D eigenvalue weighted by Gasteiger charge is 2.30. The molecule has 1 aliphatic heterocycles. The maximum Gasteiger partial charge on any atom is 0.243 e. The quantitative estimate of drug-likeness (QED) is 0.768. The number of amides is 1. The van der Waals surface area contributed by atoms with E-state index in [1.54, 1.807) is 28.0 Å². The minimum absolute atomic E-state index is 0.00114. The van der Waals surface area contributed by atoms with Crippen molar-refractivity contribution in [2.24, 2.45) is 0 Å². The van der Waals surface area contributed by atoms with Gasteiger partial charge in [-0.2, -0.15) is 9.40 Å². The number of piperazine rings is 1. The van der Waals surface area contributed by atoms with Crippen LogP contribution in [0.15, 0.2) is 35.7 Å². The van der Waals surface area contributed by atoms with Gasteiger partial charge in [0.1, 0.15) is 12.7 Å². The SMILES string of the molecule is Cc1ccc(S(=O)(=O)N2CCN(C(=O)CC(C)n3cncn3)CC2)cc1C. The molecule has 1 atom stereocenters. The molecule has 9 heteroatoms. The van der Waals surface area contributed by atoms with Gasteiger partial charge in [0.05, 0.1) is 10.9 Å². The van der Waals surface area contributed by atoms with Crippen molar-refractivity contribution in [1.29, 1.82) is 0 Å². The first kappa shape index (κ1) is 19.5. The van der Waals surface area contributed by atoms with E-state index in [1.165, 1.54) is 10.6 Å². The topological polar surface area (TPSA) is 88.4 Å². The van der Waals surface area contributed by atoms with Crippen molar-refractivity contribution in [3.05, 3.63) is 42.0 Å². The van der Waals surface area contributed by atoms with Gasteiger partial charge in [-0.1, -0.05) is 6.07 Å². The number of nitrogens with zero attached hydrogens (tertiary/aromatic N) is 5. The lowest BCUT2D eigenvalue weighted by Crippen LogP contribution is -2.50. The van der Waals surface area contributed by atoms with Crippen molar-refractivity contribution < 1.29 is 13.2 Å². The number of rotatable bonds is 5. The van der Waals surface area contributed by atoms with Crippen LogP contribution in [0.25, 0.3) is 0 Å². The van der Waals surface area contributed by atoms with Gasteiger partial charge in [0, 0.05) is 32.6 Å². The zero-order valence-electron chi connectivity index (χ0n) is 15.9. The zero-order valence-corrected chi connectivity index (χ0v) is 16.7. The number of sulfonamides is 1. The highest BCUT2D eigenvalue weighted by Crippen LogP contribution is 2.21. The molecule has 3 rings (SSSR count). The Kier molecular flexibility index (Phi) is 5.61. The third-order valence-electron chi connectivity index (χ3n) is 5.07. The molecule has 2 heterocycles. The molecule has 1 aliphatic rings. The predicted molar refractivity (Wildman–Crippen MR) is 101 cm³/mol. The molecule has 0 N–H and O–H groups in total. The van der Waals surface area contributed by atoms with E-state index in [9.17, 15) is 13.2 Å². The maximum atomic E-state index is 12.9. The lowest BCUT2D eigenvalue weighted by Gasteiger charge is -2.34. The monoisotopic (exact) mass is 391 g/mol. The van der Waals surface area contributed by atoms with E-state index in [0.29, 0.717) is 37.5 Å². The van der Waals surface area contributed by atoms with Crippen molar-refractivity contribution in [1.82, 2.24) is 24.0 Å². The fourth-order valence-electron chi connectivity index (χ4n) is 3.12. The summed E-state index contributed by atoms with van der Waals surface area (Å²) in [5.41, 5.74) is 2.01. The fourth-order valence-corrected chi connectivity index (χ4v) is 4.63. The van der Waals surface area contributed by atoms with E-state index >= 15 is 0 Å². The second kappa shape index (κ2) is 7.77. The van der Waals surface area contributed by atoms with Gasteiger partial charge in [0.15, 0.2) is 0 Å². The van der Waals surface area contributed by atoms with Crippen LogP contribution in [0.2, 0.25) is 0 Å². The maximum absolute atomic E-state index is 12.9. The molecular weight excluding hydrogens is 366 g/mol. The summed E-state index contributed by atoms with van der Waals surface area (Å²) in [5, 5.41) is 4.05. The second-order valence-corrected chi connectivity index (χ2v) is 8.90. The van der Waals surface area contributed by atoms with Crippen molar-refractivity contribution in [3.63, 3.8) is 0 Å². The Labute approximate surface area is 159 Å². The average molecular weight is 391 g/mol. The Hall–Kier alpha value is -2.26. The number of carbonyl (C=O) groups excluding carboxylic acids is 1. The second-order valence-electron chi connectivity index (χ2n) is 6.96. The molecule has 0 radical (unpaired) electrons. The van der Waals surface area contributed by atoms with Gasteiger partial charge in [-0.15, -0.1) is 0 Å². The van der Waals surface area contributed by atoms with E-state index in [2.05, 4.69) is 10.1 Å². The minimum Gasteiger partial charge on any atom is -0.340 e. The summed E-state index contributed by atoms with van der Waals surface area (Å²) in [6, 6.07) is 5.10. The summed E-state index contributed by atoms with van der Waals surface area (Å²) in [5.74, 6) is 0.00114. The highest BCUT2D eigenvalue weighted by molar-refractivity contribution is 7.89. The summed E-state index contributed by atoms with van der Waals surface area (Å²) in [4.78, 5) is 18.4. The molecule has 1 fully saturated rings. The van der Waals surface area contributed by atoms with Gasteiger partial charge in [0.25, 0.3) is 0 Å². The standard InChI is InChI=1S/C18H25N5O3S/c1-14-4-5-17(10-15(14)2)27(25,26)22-8-6-21(7-9-22)18(24)11-16(3)23-13-19-12-20-23/h4-5,10,12-13,16H,6-9,11H2,1-3H3. The van der Waals surface area contributed by atoms with Crippen molar-refractivity contribution in [2.45, 2.75) is 38.1 Å². The van der Waals surface area contributed by atoms with Crippen LogP contribution in [0.4, 0.5) is 0 Å². The number of carbonyl (C=O) groups is 1. The molecule has 1 saturated heterocycles. The minimum atomic E-state index is -3.54. The molecule has 8 nitrogen and oxygen atoms in total. The van der Waals surface area contributed by atoms with Gasteiger partial charge in [0.2, 0.25) is 15.9 Å². The highest BCUT2D eigenvalue weighted by atomic mass is 32.2. The molecular formula is C18H25N5O3S. The van der Waals surface area contributed by atoms with E-state index in [0.717, 1.165) is 11.1 Å². The summed E-state index contributed by atoms with van der Waals surface area (Å²) in [7, 11) is -3.54. The molecule has 0 aliphatic carbocycles. The Morgan fingerprint density at radius 2 is 1.85 bits per heavy atom.